The molecule has 2 aliphatic heterocycles. The van der Waals surface area contributed by atoms with Crippen LogP contribution in [0.3, 0.4) is 0 Å². The lowest BCUT2D eigenvalue weighted by Crippen LogP contribution is -2.64. The Morgan fingerprint density at radius 3 is 2.96 bits per heavy atom. The van der Waals surface area contributed by atoms with E-state index in [0.717, 1.165) is 23.0 Å². The molecule has 0 spiro atoms. The van der Waals surface area contributed by atoms with Crippen molar-refractivity contribution in [3.63, 3.8) is 0 Å². The summed E-state index contributed by atoms with van der Waals surface area (Å²) >= 11 is 3.05. The van der Waals surface area contributed by atoms with Gasteiger partial charge in [0.05, 0.1) is 4.88 Å². The lowest BCUT2D eigenvalue weighted by atomic mass is 9.98. The number of hydrogen-bond acceptors (Lipinski definition) is 6. The van der Waals surface area contributed by atoms with Crippen LogP contribution < -0.4 is 5.32 Å². The summed E-state index contributed by atoms with van der Waals surface area (Å²) in [5.74, 6) is 0. The second kappa shape index (κ2) is 6.78. The third-order valence-corrected chi connectivity index (χ3v) is 6.72. The molecule has 0 bridgehead atoms. The summed E-state index contributed by atoms with van der Waals surface area (Å²) in [5, 5.41) is 14.5. The topological polar surface area (TPSA) is 61.4 Å². The molecule has 2 aliphatic rings. The van der Waals surface area contributed by atoms with Gasteiger partial charge in [0.15, 0.2) is 5.01 Å². The summed E-state index contributed by atoms with van der Waals surface area (Å²) in [4.78, 5) is 17.8. The normalized spacial score (nSPS) is 22.4. The Kier molecular flexibility index (Phi) is 4.51. The molecule has 4 heterocycles. The number of carbonyl (C=O) groups is 1. The van der Waals surface area contributed by atoms with Crippen LogP contribution in [0.1, 0.15) is 26.2 Å². The molecule has 1 N–H and O–H groups in total. The molecule has 0 saturated carbocycles. The van der Waals surface area contributed by atoms with Crippen LogP contribution in [0.15, 0.2) is 17.5 Å². The number of rotatable bonds is 3. The Hall–Kier alpha value is -1.51. The molecule has 0 aromatic carbocycles. The van der Waals surface area contributed by atoms with E-state index in [1.807, 2.05) is 22.4 Å². The molecular weight excluding hydrogens is 342 g/mol. The number of aromatic nitrogens is 2. The van der Waals surface area contributed by atoms with Crippen molar-refractivity contribution >= 4 is 33.8 Å². The van der Waals surface area contributed by atoms with Gasteiger partial charge >= 0.3 is 6.03 Å². The first kappa shape index (κ1) is 16.0. The van der Waals surface area contributed by atoms with E-state index in [2.05, 4.69) is 27.3 Å². The largest absolute Gasteiger partial charge is 0.323 e. The lowest BCUT2D eigenvalue weighted by Gasteiger charge is -2.48. The quantitative estimate of drug-likeness (QED) is 0.908. The zero-order chi connectivity index (χ0) is 16.5. The maximum absolute atomic E-state index is 12.3. The molecule has 2 saturated heterocycles. The maximum atomic E-state index is 12.3. The van der Waals surface area contributed by atoms with Gasteiger partial charge in [0, 0.05) is 25.2 Å². The lowest BCUT2D eigenvalue weighted by molar-refractivity contribution is 0.0199. The maximum Gasteiger partial charge on any atom is 0.323 e. The standard InChI is InChI=1S/C16H21N5OS2/c1-11-5-2-3-7-21(11)12-9-20(10-12)16(22)17-15-19-18-14(24-15)13-6-4-8-23-13/h4,6,8,11-12H,2-3,5,7,9-10H2,1H3,(H,17,19,22). The van der Waals surface area contributed by atoms with Gasteiger partial charge in [0.2, 0.25) is 5.13 Å². The minimum atomic E-state index is -0.0650. The van der Waals surface area contributed by atoms with Crippen LogP contribution in [0.5, 0.6) is 0 Å². The number of nitrogens with zero attached hydrogens (tertiary/aromatic N) is 4. The van der Waals surface area contributed by atoms with Crippen LogP contribution in [0.4, 0.5) is 9.93 Å². The molecule has 6 nitrogen and oxygen atoms in total. The molecule has 128 valence electrons. The van der Waals surface area contributed by atoms with Crippen LogP contribution in [-0.4, -0.2) is 57.7 Å². The van der Waals surface area contributed by atoms with Gasteiger partial charge in [0.1, 0.15) is 0 Å². The van der Waals surface area contributed by atoms with Gasteiger partial charge in [-0.25, -0.2) is 4.79 Å². The molecule has 2 aromatic heterocycles. The number of hydrogen-bond donors (Lipinski definition) is 1. The van der Waals surface area contributed by atoms with Crippen LogP contribution in [0.25, 0.3) is 9.88 Å². The highest BCUT2D eigenvalue weighted by molar-refractivity contribution is 7.23. The second-order valence-electron chi connectivity index (χ2n) is 6.46. The summed E-state index contributed by atoms with van der Waals surface area (Å²) in [7, 11) is 0. The number of thiophene rings is 1. The summed E-state index contributed by atoms with van der Waals surface area (Å²) in [6, 6.07) is 5.09. The molecule has 8 heteroatoms. The van der Waals surface area contributed by atoms with E-state index in [4.69, 9.17) is 0 Å². The first-order valence-electron chi connectivity index (χ1n) is 8.40. The zero-order valence-corrected chi connectivity index (χ0v) is 15.3. The SMILES string of the molecule is CC1CCCCN1C1CN(C(=O)Nc2nnc(-c3cccs3)s2)C1. The average molecular weight is 364 g/mol. The smallest absolute Gasteiger partial charge is 0.321 e. The number of piperidine rings is 1. The molecule has 24 heavy (non-hydrogen) atoms. The molecule has 2 aromatic rings. The fraction of sp³-hybridized carbons (Fsp3) is 0.562. The minimum Gasteiger partial charge on any atom is -0.321 e. The summed E-state index contributed by atoms with van der Waals surface area (Å²) in [6.07, 6.45) is 3.89. The Labute approximate surface area is 149 Å². The van der Waals surface area contributed by atoms with Crippen molar-refractivity contribution in [3.8, 4) is 9.88 Å². The van der Waals surface area contributed by atoms with Crippen molar-refractivity contribution in [1.82, 2.24) is 20.0 Å². The van der Waals surface area contributed by atoms with E-state index >= 15 is 0 Å². The molecule has 0 aliphatic carbocycles. The minimum absolute atomic E-state index is 0.0650. The van der Waals surface area contributed by atoms with E-state index in [9.17, 15) is 4.79 Å². The Morgan fingerprint density at radius 1 is 1.33 bits per heavy atom. The zero-order valence-electron chi connectivity index (χ0n) is 13.6. The van der Waals surface area contributed by atoms with Crippen molar-refractivity contribution in [2.75, 3.05) is 25.0 Å². The summed E-state index contributed by atoms with van der Waals surface area (Å²) in [6.45, 7) is 5.09. The second-order valence-corrected chi connectivity index (χ2v) is 8.39. The van der Waals surface area contributed by atoms with Crippen LogP contribution in [-0.2, 0) is 0 Å². The van der Waals surface area contributed by atoms with Gasteiger partial charge in [-0.05, 0) is 37.8 Å². The fourth-order valence-electron chi connectivity index (χ4n) is 3.44. The van der Waals surface area contributed by atoms with Gasteiger partial charge in [-0.3, -0.25) is 10.2 Å². The molecule has 2 amide bonds. The average Bonchev–Trinajstić information content (AvgIpc) is 3.18. The van der Waals surface area contributed by atoms with Crippen molar-refractivity contribution in [1.29, 1.82) is 0 Å². The number of likely N-dealkylation sites (tertiary alicyclic amines) is 2. The monoisotopic (exact) mass is 363 g/mol. The van der Waals surface area contributed by atoms with Crippen LogP contribution in [0.2, 0.25) is 0 Å². The number of anilines is 1. The first-order valence-corrected chi connectivity index (χ1v) is 10.1. The number of carbonyl (C=O) groups excluding carboxylic acids is 1. The van der Waals surface area contributed by atoms with Crippen molar-refractivity contribution in [2.45, 2.75) is 38.3 Å². The van der Waals surface area contributed by atoms with Gasteiger partial charge < -0.3 is 4.90 Å². The van der Waals surface area contributed by atoms with E-state index in [0.29, 0.717) is 17.2 Å². The van der Waals surface area contributed by atoms with Crippen LogP contribution >= 0.6 is 22.7 Å². The highest BCUT2D eigenvalue weighted by Gasteiger charge is 2.37. The number of nitrogens with one attached hydrogen (secondary N) is 1. The number of amides is 2. The third-order valence-electron chi connectivity index (χ3n) is 4.84. The molecule has 1 unspecified atom stereocenters. The predicted molar refractivity (Wildman–Crippen MR) is 97.6 cm³/mol. The van der Waals surface area contributed by atoms with E-state index < -0.39 is 0 Å². The van der Waals surface area contributed by atoms with Gasteiger partial charge in [-0.15, -0.1) is 21.5 Å². The van der Waals surface area contributed by atoms with Crippen molar-refractivity contribution in [3.05, 3.63) is 17.5 Å². The summed E-state index contributed by atoms with van der Waals surface area (Å²) in [5.41, 5.74) is 0. The van der Waals surface area contributed by atoms with E-state index in [1.165, 1.54) is 37.1 Å². The van der Waals surface area contributed by atoms with Crippen LogP contribution in [0, 0.1) is 0 Å². The fourth-order valence-corrected chi connectivity index (χ4v) is 4.96. The molecule has 1 atom stereocenters. The first-order chi connectivity index (χ1) is 11.7. The van der Waals surface area contributed by atoms with Gasteiger partial charge in [-0.2, -0.15) is 0 Å². The van der Waals surface area contributed by atoms with E-state index in [1.54, 1.807) is 11.3 Å². The molecule has 4 rings (SSSR count). The van der Waals surface area contributed by atoms with Crippen molar-refractivity contribution in [2.24, 2.45) is 0 Å². The molecule has 0 radical (unpaired) electrons. The summed E-state index contributed by atoms with van der Waals surface area (Å²) < 4.78 is 0. The van der Waals surface area contributed by atoms with Gasteiger partial charge in [0.25, 0.3) is 0 Å². The van der Waals surface area contributed by atoms with E-state index in [-0.39, 0.29) is 6.03 Å². The highest BCUT2D eigenvalue weighted by atomic mass is 32.1. The van der Waals surface area contributed by atoms with Gasteiger partial charge in [-0.1, -0.05) is 23.8 Å². The predicted octanol–water partition coefficient (Wildman–Crippen LogP) is 3.36. The Bertz CT molecular complexity index is 695. The van der Waals surface area contributed by atoms with Crippen molar-refractivity contribution < 1.29 is 4.79 Å². The Balaban J connectivity index is 1.30. The Morgan fingerprint density at radius 2 is 2.21 bits per heavy atom. The number of urea groups is 1. The highest BCUT2D eigenvalue weighted by Crippen LogP contribution is 2.30. The third kappa shape index (κ3) is 3.18. The molecular formula is C16H21N5OS2. The molecule has 2 fully saturated rings.